The second-order valence-corrected chi connectivity index (χ2v) is 11.0. The Balaban J connectivity index is 1.26. The summed E-state index contributed by atoms with van der Waals surface area (Å²) in [6, 6.07) is 12.8. The topological polar surface area (TPSA) is 74.3 Å². The fraction of sp³-hybridized carbons (Fsp3) is 0.394. The molecule has 0 bridgehead atoms. The Labute approximate surface area is 239 Å². The molecule has 3 aromatic rings. The lowest BCUT2D eigenvalue weighted by atomic mass is 9.89. The Morgan fingerprint density at radius 3 is 2.54 bits per heavy atom. The van der Waals surface area contributed by atoms with Gasteiger partial charge in [-0.2, -0.15) is 0 Å². The van der Waals surface area contributed by atoms with Crippen molar-refractivity contribution in [1.82, 2.24) is 4.90 Å². The van der Waals surface area contributed by atoms with Crippen molar-refractivity contribution in [2.24, 2.45) is 0 Å². The number of amides is 1. The van der Waals surface area contributed by atoms with Gasteiger partial charge in [-0.15, -0.1) is 0 Å². The van der Waals surface area contributed by atoms with Gasteiger partial charge in [0.2, 0.25) is 0 Å². The van der Waals surface area contributed by atoms with Gasteiger partial charge < -0.3 is 23.8 Å². The second-order valence-electron chi connectivity index (χ2n) is 11.0. The predicted octanol–water partition coefficient (Wildman–Crippen LogP) is 5.69. The first-order valence-electron chi connectivity index (χ1n) is 14.1. The summed E-state index contributed by atoms with van der Waals surface area (Å²) in [4.78, 5) is 26.7. The highest BCUT2D eigenvalue weighted by molar-refractivity contribution is 5.96. The van der Waals surface area contributed by atoms with Crippen molar-refractivity contribution in [3.63, 3.8) is 0 Å². The molecule has 1 aliphatic carbocycles. The van der Waals surface area contributed by atoms with Gasteiger partial charge in [0.25, 0.3) is 5.91 Å². The van der Waals surface area contributed by atoms with Crippen molar-refractivity contribution in [1.29, 1.82) is 0 Å². The highest BCUT2D eigenvalue weighted by Gasteiger charge is 2.32. The molecule has 1 amide bonds. The van der Waals surface area contributed by atoms with E-state index >= 15 is 4.39 Å². The van der Waals surface area contributed by atoms with E-state index in [1.165, 1.54) is 13.2 Å². The molecule has 7 nitrogen and oxygen atoms in total. The van der Waals surface area contributed by atoms with Crippen molar-refractivity contribution < 1.29 is 32.9 Å². The third kappa shape index (κ3) is 5.17. The maximum Gasteiger partial charge on any atom is 0.306 e. The number of methoxy groups -OCH3 is 1. The van der Waals surface area contributed by atoms with Gasteiger partial charge in [-0.05, 0) is 78.8 Å². The summed E-state index contributed by atoms with van der Waals surface area (Å²) in [5.74, 6) is 0.686. The van der Waals surface area contributed by atoms with Crippen LogP contribution in [0.25, 0.3) is 11.1 Å². The Kier molecular flexibility index (Phi) is 7.43. The van der Waals surface area contributed by atoms with Gasteiger partial charge in [-0.1, -0.05) is 12.1 Å². The molecule has 8 heteroatoms. The number of benzene rings is 3. The second kappa shape index (κ2) is 11.2. The highest BCUT2D eigenvalue weighted by Crippen LogP contribution is 2.45. The van der Waals surface area contributed by atoms with Crippen molar-refractivity contribution in [2.75, 3.05) is 40.0 Å². The fourth-order valence-corrected chi connectivity index (χ4v) is 6.43. The van der Waals surface area contributed by atoms with Gasteiger partial charge in [0, 0.05) is 41.8 Å². The maximum atomic E-state index is 15.3. The molecule has 0 saturated carbocycles. The number of halogens is 1. The molecule has 214 valence electrons. The van der Waals surface area contributed by atoms with Crippen LogP contribution in [0.4, 0.5) is 4.39 Å². The van der Waals surface area contributed by atoms with Crippen LogP contribution in [-0.2, 0) is 20.7 Å². The molecule has 1 unspecified atom stereocenters. The van der Waals surface area contributed by atoms with Gasteiger partial charge in [0.05, 0.1) is 33.4 Å². The minimum Gasteiger partial charge on any atom is -0.492 e. The third-order valence-electron chi connectivity index (χ3n) is 8.41. The number of hydrogen-bond acceptors (Lipinski definition) is 6. The number of aryl methyl sites for hydroxylation is 2. The molecule has 0 spiro atoms. The van der Waals surface area contributed by atoms with Gasteiger partial charge in [-0.3, -0.25) is 9.59 Å². The quantitative estimate of drug-likeness (QED) is 0.362. The first kappa shape index (κ1) is 27.3. The van der Waals surface area contributed by atoms with Gasteiger partial charge in [0.15, 0.2) is 0 Å². The lowest BCUT2D eigenvalue weighted by Crippen LogP contribution is -2.40. The summed E-state index contributed by atoms with van der Waals surface area (Å²) >= 11 is 0. The number of ether oxygens (including phenoxy) is 4. The smallest absolute Gasteiger partial charge is 0.306 e. The average molecular weight is 560 g/mol. The van der Waals surface area contributed by atoms with Crippen molar-refractivity contribution in [3.05, 3.63) is 81.7 Å². The van der Waals surface area contributed by atoms with Crippen LogP contribution in [0.15, 0.2) is 42.5 Å². The van der Waals surface area contributed by atoms with Gasteiger partial charge >= 0.3 is 5.97 Å². The Morgan fingerprint density at radius 2 is 1.80 bits per heavy atom. The van der Waals surface area contributed by atoms with Crippen molar-refractivity contribution in [2.45, 2.75) is 45.1 Å². The summed E-state index contributed by atoms with van der Waals surface area (Å²) in [5, 5.41) is 0. The van der Waals surface area contributed by atoms with Crippen LogP contribution in [0.2, 0.25) is 0 Å². The van der Waals surface area contributed by atoms with Crippen LogP contribution in [0.3, 0.4) is 0 Å². The summed E-state index contributed by atoms with van der Waals surface area (Å²) in [5.41, 5.74) is 7.12. The minimum atomic E-state index is -0.432. The molecule has 2 heterocycles. The van der Waals surface area contributed by atoms with E-state index in [0.717, 1.165) is 33.4 Å². The normalized spacial score (nSPS) is 19.4. The number of fused-ring (bicyclic) bond motifs is 2. The third-order valence-corrected chi connectivity index (χ3v) is 8.41. The average Bonchev–Trinajstić information content (AvgIpc) is 3.58. The van der Waals surface area contributed by atoms with Gasteiger partial charge in [0.1, 0.15) is 23.4 Å². The largest absolute Gasteiger partial charge is 0.492 e. The van der Waals surface area contributed by atoms with Crippen LogP contribution >= 0.6 is 0 Å². The number of esters is 1. The van der Waals surface area contributed by atoms with E-state index in [4.69, 9.17) is 18.9 Å². The van der Waals surface area contributed by atoms with Crippen LogP contribution in [0.5, 0.6) is 11.5 Å². The molecular formula is C33H34FNO6. The molecule has 41 heavy (non-hydrogen) atoms. The van der Waals surface area contributed by atoms with Crippen LogP contribution in [0, 0.1) is 19.7 Å². The lowest BCUT2D eigenvalue weighted by Gasteiger charge is -2.27. The number of morpholine rings is 1. The number of nitrogens with zero attached hydrogens (tertiary/aromatic N) is 1. The Hall–Kier alpha value is -3.91. The molecule has 0 radical (unpaired) electrons. The molecule has 3 aromatic carbocycles. The van der Waals surface area contributed by atoms with E-state index in [1.807, 2.05) is 55.1 Å². The zero-order valence-corrected chi connectivity index (χ0v) is 23.6. The molecule has 2 atom stereocenters. The minimum absolute atomic E-state index is 0.0128. The monoisotopic (exact) mass is 559 g/mol. The molecule has 0 N–H and O–H groups in total. The molecule has 6 rings (SSSR count). The predicted molar refractivity (Wildman–Crippen MR) is 151 cm³/mol. The van der Waals surface area contributed by atoms with E-state index in [2.05, 4.69) is 0 Å². The maximum absolute atomic E-state index is 15.3. The Morgan fingerprint density at radius 1 is 1.05 bits per heavy atom. The molecule has 3 aliphatic rings. The SMILES string of the molecule is COC(=O)CC1COc2cc(O[C@@H]3CCc4c(-c5c(C)cc(C(=O)N6CCOCC6)cc5C)ccc(F)c43)ccc21. The van der Waals surface area contributed by atoms with E-state index in [-0.39, 0.29) is 30.0 Å². The Bertz CT molecular complexity index is 1490. The molecule has 2 aliphatic heterocycles. The standard InChI is InChI=1S/C33H34FNO6/c1-19-14-21(33(37)35-10-12-39-13-11-35)15-20(2)31(19)25-6-8-27(34)32-26(25)7-9-28(32)41-23-4-5-24-22(16-30(36)38-3)18-40-29(24)17-23/h4-6,8,14-15,17,22,28H,7,9-13,16,18H2,1-3H3/t22?,28-/m1/s1. The number of carbonyl (C=O) groups is 2. The van der Waals surface area contributed by atoms with Crippen molar-refractivity contribution in [3.8, 4) is 22.6 Å². The molecule has 0 aromatic heterocycles. The van der Waals surface area contributed by atoms with Crippen LogP contribution in [0.1, 0.15) is 63.0 Å². The zero-order chi connectivity index (χ0) is 28.7. The van der Waals surface area contributed by atoms with Crippen LogP contribution in [-0.4, -0.2) is 56.8 Å². The fourth-order valence-electron chi connectivity index (χ4n) is 6.43. The lowest BCUT2D eigenvalue weighted by molar-refractivity contribution is -0.141. The first-order chi connectivity index (χ1) is 19.8. The number of hydrogen-bond donors (Lipinski definition) is 0. The van der Waals surface area contributed by atoms with E-state index in [9.17, 15) is 9.59 Å². The van der Waals surface area contributed by atoms with Crippen LogP contribution < -0.4 is 9.47 Å². The summed E-state index contributed by atoms with van der Waals surface area (Å²) in [7, 11) is 1.38. The zero-order valence-electron chi connectivity index (χ0n) is 23.6. The van der Waals surface area contributed by atoms with E-state index in [1.54, 1.807) is 0 Å². The number of rotatable bonds is 6. The molecule has 1 fully saturated rings. The molecular weight excluding hydrogens is 525 g/mol. The summed E-state index contributed by atoms with van der Waals surface area (Å²) < 4.78 is 37.7. The van der Waals surface area contributed by atoms with E-state index in [0.29, 0.717) is 68.4 Å². The van der Waals surface area contributed by atoms with Gasteiger partial charge in [-0.25, -0.2) is 4.39 Å². The number of carbonyl (C=O) groups excluding carboxylic acids is 2. The van der Waals surface area contributed by atoms with Crippen molar-refractivity contribution >= 4 is 11.9 Å². The first-order valence-corrected chi connectivity index (χ1v) is 14.1. The van der Waals surface area contributed by atoms with E-state index < -0.39 is 6.10 Å². The molecule has 1 saturated heterocycles. The highest BCUT2D eigenvalue weighted by atomic mass is 19.1. The summed E-state index contributed by atoms with van der Waals surface area (Å²) in [6.07, 6.45) is 1.16. The summed E-state index contributed by atoms with van der Waals surface area (Å²) in [6.45, 7) is 6.73.